The molecular weight excluding hydrogens is 364 g/mol. The van der Waals surface area contributed by atoms with E-state index in [1.54, 1.807) is 35.9 Å². The molecule has 3 amide bonds. The van der Waals surface area contributed by atoms with Crippen LogP contribution in [0.5, 0.6) is 0 Å². The first-order chi connectivity index (χ1) is 13.1. The van der Waals surface area contributed by atoms with E-state index in [1.807, 2.05) is 21.7 Å². The molecule has 7 nitrogen and oxygen atoms in total. The summed E-state index contributed by atoms with van der Waals surface area (Å²) in [6.45, 7) is 2.07. The highest BCUT2D eigenvalue weighted by Gasteiger charge is 2.24. The summed E-state index contributed by atoms with van der Waals surface area (Å²) in [6, 6.07) is 5.42. The SMILES string of the molecule is O=C(NCc1ccsc1)C(=O)NCC1CCN(C(=O)c2cccnc2)CC1. The van der Waals surface area contributed by atoms with Crippen molar-refractivity contribution in [2.75, 3.05) is 19.6 Å². The molecule has 27 heavy (non-hydrogen) atoms. The van der Waals surface area contributed by atoms with Crippen molar-refractivity contribution in [3.63, 3.8) is 0 Å². The Bertz CT molecular complexity index is 772. The topological polar surface area (TPSA) is 91.4 Å². The molecule has 0 atom stereocenters. The van der Waals surface area contributed by atoms with Gasteiger partial charge in [0.15, 0.2) is 0 Å². The fourth-order valence-electron chi connectivity index (χ4n) is 2.99. The maximum atomic E-state index is 12.4. The molecule has 1 saturated heterocycles. The van der Waals surface area contributed by atoms with Crippen LogP contribution in [0.25, 0.3) is 0 Å². The Balaban J connectivity index is 1.37. The smallest absolute Gasteiger partial charge is 0.309 e. The Morgan fingerprint density at radius 3 is 2.59 bits per heavy atom. The molecule has 8 heteroatoms. The van der Waals surface area contributed by atoms with Gasteiger partial charge in [-0.05, 0) is 53.3 Å². The van der Waals surface area contributed by atoms with Crippen molar-refractivity contribution in [2.24, 2.45) is 5.92 Å². The molecular formula is C19H22N4O3S. The number of hydrogen-bond donors (Lipinski definition) is 2. The van der Waals surface area contributed by atoms with Crippen molar-refractivity contribution in [3.05, 3.63) is 52.5 Å². The maximum absolute atomic E-state index is 12.4. The van der Waals surface area contributed by atoms with Gasteiger partial charge in [-0.1, -0.05) is 0 Å². The second kappa shape index (κ2) is 9.27. The highest BCUT2D eigenvalue weighted by molar-refractivity contribution is 7.07. The molecule has 1 aliphatic rings. The molecule has 1 fully saturated rings. The number of nitrogens with one attached hydrogen (secondary N) is 2. The third-order valence-electron chi connectivity index (χ3n) is 4.60. The molecule has 2 N–H and O–H groups in total. The highest BCUT2D eigenvalue weighted by atomic mass is 32.1. The fourth-order valence-corrected chi connectivity index (χ4v) is 3.65. The van der Waals surface area contributed by atoms with Crippen molar-refractivity contribution in [3.8, 4) is 0 Å². The van der Waals surface area contributed by atoms with Crippen molar-refractivity contribution in [1.82, 2.24) is 20.5 Å². The fraction of sp³-hybridized carbons (Fsp3) is 0.368. The summed E-state index contributed by atoms with van der Waals surface area (Å²) in [4.78, 5) is 41.9. The van der Waals surface area contributed by atoms with Crippen LogP contribution in [0.15, 0.2) is 41.4 Å². The number of aromatic nitrogens is 1. The van der Waals surface area contributed by atoms with Crippen molar-refractivity contribution in [2.45, 2.75) is 19.4 Å². The number of carbonyl (C=O) groups is 3. The van der Waals surface area contributed by atoms with Crippen LogP contribution in [0.2, 0.25) is 0 Å². The average Bonchev–Trinajstić information content (AvgIpc) is 3.24. The van der Waals surface area contributed by atoms with Crippen molar-refractivity contribution < 1.29 is 14.4 Å². The molecule has 1 aliphatic heterocycles. The summed E-state index contributed by atoms with van der Waals surface area (Å²) in [6.07, 6.45) is 4.80. The number of nitrogens with zero attached hydrogens (tertiary/aromatic N) is 2. The van der Waals surface area contributed by atoms with E-state index in [9.17, 15) is 14.4 Å². The van der Waals surface area contributed by atoms with Gasteiger partial charge in [0.05, 0.1) is 5.56 Å². The standard InChI is InChI=1S/C19H22N4O3S/c24-17(18(25)22-11-15-5-9-27-13-15)21-10-14-3-7-23(8-4-14)19(26)16-2-1-6-20-12-16/h1-2,5-6,9,12-14H,3-4,7-8,10-11H2,(H,21,24)(H,22,25). The van der Waals surface area contributed by atoms with Crippen LogP contribution >= 0.6 is 11.3 Å². The largest absolute Gasteiger partial charge is 0.348 e. The predicted octanol–water partition coefficient (Wildman–Crippen LogP) is 1.43. The van der Waals surface area contributed by atoms with E-state index < -0.39 is 11.8 Å². The Hall–Kier alpha value is -2.74. The van der Waals surface area contributed by atoms with Gasteiger partial charge in [0, 0.05) is 38.6 Å². The summed E-state index contributed by atoms with van der Waals surface area (Å²) in [5, 5.41) is 9.16. The number of amides is 3. The summed E-state index contributed by atoms with van der Waals surface area (Å²) in [5.41, 5.74) is 1.57. The average molecular weight is 386 g/mol. The van der Waals surface area contributed by atoms with Crippen LogP contribution in [-0.4, -0.2) is 47.2 Å². The Morgan fingerprint density at radius 2 is 1.93 bits per heavy atom. The minimum atomic E-state index is -0.620. The summed E-state index contributed by atoms with van der Waals surface area (Å²) in [7, 11) is 0. The van der Waals surface area contributed by atoms with Gasteiger partial charge in [-0.2, -0.15) is 11.3 Å². The van der Waals surface area contributed by atoms with E-state index >= 15 is 0 Å². The third-order valence-corrected chi connectivity index (χ3v) is 5.33. The minimum Gasteiger partial charge on any atom is -0.348 e. The molecule has 0 spiro atoms. The number of likely N-dealkylation sites (tertiary alicyclic amines) is 1. The van der Waals surface area contributed by atoms with Crippen LogP contribution in [0.4, 0.5) is 0 Å². The molecule has 0 bridgehead atoms. The monoisotopic (exact) mass is 386 g/mol. The van der Waals surface area contributed by atoms with E-state index in [4.69, 9.17) is 0 Å². The lowest BCUT2D eigenvalue weighted by molar-refractivity contribution is -0.139. The highest BCUT2D eigenvalue weighted by Crippen LogP contribution is 2.18. The van der Waals surface area contributed by atoms with Crippen LogP contribution in [0.1, 0.15) is 28.8 Å². The van der Waals surface area contributed by atoms with Gasteiger partial charge < -0.3 is 15.5 Å². The van der Waals surface area contributed by atoms with Gasteiger partial charge >= 0.3 is 11.8 Å². The van der Waals surface area contributed by atoms with Gasteiger partial charge in [0.1, 0.15) is 0 Å². The summed E-state index contributed by atoms with van der Waals surface area (Å²) < 4.78 is 0. The zero-order valence-corrected chi connectivity index (χ0v) is 15.7. The molecule has 0 unspecified atom stereocenters. The normalized spacial score (nSPS) is 14.6. The van der Waals surface area contributed by atoms with Crippen LogP contribution < -0.4 is 10.6 Å². The van der Waals surface area contributed by atoms with Crippen LogP contribution in [-0.2, 0) is 16.1 Å². The van der Waals surface area contributed by atoms with Gasteiger partial charge in [0.2, 0.25) is 0 Å². The molecule has 3 rings (SSSR count). The molecule has 2 aromatic heterocycles. The number of hydrogen-bond acceptors (Lipinski definition) is 5. The Kier molecular flexibility index (Phi) is 6.54. The van der Waals surface area contributed by atoms with E-state index in [-0.39, 0.29) is 11.8 Å². The molecule has 3 heterocycles. The molecule has 0 aromatic carbocycles. The van der Waals surface area contributed by atoms with E-state index in [2.05, 4.69) is 15.6 Å². The van der Waals surface area contributed by atoms with Gasteiger partial charge in [-0.25, -0.2) is 0 Å². The number of pyridine rings is 1. The number of piperidine rings is 1. The van der Waals surface area contributed by atoms with Gasteiger partial charge in [-0.3, -0.25) is 19.4 Å². The molecule has 142 valence electrons. The zero-order valence-electron chi connectivity index (χ0n) is 14.9. The first-order valence-electron chi connectivity index (χ1n) is 8.90. The molecule has 2 aromatic rings. The molecule has 0 saturated carbocycles. The predicted molar refractivity (Wildman–Crippen MR) is 102 cm³/mol. The zero-order chi connectivity index (χ0) is 19.1. The third kappa shape index (κ3) is 5.37. The Labute approximate surface area is 161 Å². The second-order valence-electron chi connectivity index (χ2n) is 6.50. The van der Waals surface area contributed by atoms with Gasteiger partial charge in [-0.15, -0.1) is 0 Å². The van der Waals surface area contributed by atoms with Gasteiger partial charge in [0.25, 0.3) is 5.91 Å². The van der Waals surface area contributed by atoms with E-state index in [0.29, 0.717) is 31.7 Å². The number of rotatable bonds is 5. The summed E-state index contributed by atoms with van der Waals surface area (Å²) >= 11 is 1.55. The second-order valence-corrected chi connectivity index (χ2v) is 7.28. The Morgan fingerprint density at radius 1 is 1.15 bits per heavy atom. The first kappa shape index (κ1) is 19.0. The number of carbonyl (C=O) groups excluding carboxylic acids is 3. The quantitative estimate of drug-likeness (QED) is 0.761. The van der Waals surface area contributed by atoms with E-state index in [1.165, 1.54) is 0 Å². The minimum absolute atomic E-state index is 0.0154. The number of thiophene rings is 1. The molecule has 0 radical (unpaired) electrons. The van der Waals surface area contributed by atoms with Crippen LogP contribution in [0, 0.1) is 5.92 Å². The van der Waals surface area contributed by atoms with Crippen molar-refractivity contribution >= 4 is 29.1 Å². The summed E-state index contributed by atoms with van der Waals surface area (Å²) in [5.74, 6) is -0.987. The lowest BCUT2D eigenvalue weighted by atomic mass is 9.96. The molecule has 0 aliphatic carbocycles. The first-order valence-corrected chi connectivity index (χ1v) is 9.84. The van der Waals surface area contributed by atoms with E-state index in [0.717, 1.165) is 18.4 Å². The van der Waals surface area contributed by atoms with Crippen LogP contribution in [0.3, 0.4) is 0 Å². The maximum Gasteiger partial charge on any atom is 0.309 e. The lowest BCUT2D eigenvalue weighted by Crippen LogP contribution is -2.44. The van der Waals surface area contributed by atoms with Crippen molar-refractivity contribution in [1.29, 1.82) is 0 Å². The lowest BCUT2D eigenvalue weighted by Gasteiger charge is -2.32.